The van der Waals surface area contributed by atoms with Crippen molar-refractivity contribution in [3.63, 3.8) is 0 Å². The monoisotopic (exact) mass is 585 g/mol. The smallest absolute Gasteiger partial charge is 0.234 e. The van der Waals surface area contributed by atoms with Crippen molar-refractivity contribution in [2.45, 2.75) is 60.5 Å². The fraction of sp³-hybridized carbons (Fsp3) is 0.389. The van der Waals surface area contributed by atoms with Crippen LogP contribution in [0.4, 0.5) is 0 Å². The molecule has 0 bridgehead atoms. The summed E-state index contributed by atoms with van der Waals surface area (Å²) in [5.41, 5.74) is 8.33. The summed E-state index contributed by atoms with van der Waals surface area (Å²) < 4.78 is 7.72. The molecule has 2 heterocycles. The van der Waals surface area contributed by atoms with E-state index in [0.29, 0.717) is 19.0 Å². The molecule has 0 atom stereocenters. The molecule has 0 spiro atoms. The van der Waals surface area contributed by atoms with Crippen LogP contribution in [0, 0.1) is 20.8 Å². The lowest BCUT2D eigenvalue weighted by atomic mass is 10.1. The van der Waals surface area contributed by atoms with Crippen molar-refractivity contribution in [3.05, 3.63) is 102 Å². The second-order valence-electron chi connectivity index (χ2n) is 11.5. The predicted octanol–water partition coefficient (Wildman–Crippen LogP) is 6.92. The fourth-order valence-corrected chi connectivity index (χ4v) is 4.25. The Morgan fingerprint density at radius 1 is 1.00 bits per heavy atom. The van der Waals surface area contributed by atoms with Gasteiger partial charge in [-0.05, 0) is 84.1 Å². The number of amides is 1. The first-order valence-electron chi connectivity index (χ1n) is 15.0. The number of aryl methyl sites for hydroxylation is 3. The third-order valence-electron chi connectivity index (χ3n) is 6.37. The number of benzene rings is 2. The summed E-state index contributed by atoms with van der Waals surface area (Å²) in [6.45, 7) is 20.0. The van der Waals surface area contributed by atoms with Crippen LogP contribution in [0.5, 0.6) is 5.75 Å². The van der Waals surface area contributed by atoms with Crippen molar-refractivity contribution in [2.24, 2.45) is 0 Å². The molecule has 4 aromatic rings. The van der Waals surface area contributed by atoms with Gasteiger partial charge >= 0.3 is 0 Å². The Kier molecular flexibility index (Phi) is 14.5. The lowest BCUT2D eigenvalue weighted by molar-refractivity contribution is -0.121. The van der Waals surface area contributed by atoms with Gasteiger partial charge in [0.15, 0.2) is 0 Å². The van der Waals surface area contributed by atoms with Crippen LogP contribution in [0.2, 0.25) is 0 Å². The van der Waals surface area contributed by atoms with Crippen molar-refractivity contribution in [3.8, 4) is 17.0 Å². The normalized spacial score (nSPS) is 10.6. The van der Waals surface area contributed by atoms with E-state index in [1.54, 1.807) is 6.20 Å². The quantitative estimate of drug-likeness (QED) is 0.198. The van der Waals surface area contributed by atoms with Crippen LogP contribution in [-0.4, -0.2) is 60.0 Å². The fourth-order valence-electron chi connectivity index (χ4n) is 4.25. The van der Waals surface area contributed by atoms with Gasteiger partial charge in [-0.25, -0.2) is 4.98 Å². The van der Waals surface area contributed by atoms with Gasteiger partial charge < -0.3 is 24.7 Å². The number of hydrogen-bond donors (Lipinski definition) is 2. The van der Waals surface area contributed by atoms with Crippen LogP contribution in [0.15, 0.2) is 79.8 Å². The number of nitrogens with zero attached hydrogens (tertiary/aromatic N) is 3. The minimum absolute atomic E-state index is 0.0471. The number of imidazole rings is 1. The summed E-state index contributed by atoms with van der Waals surface area (Å²) in [4.78, 5) is 17.6. The van der Waals surface area contributed by atoms with Gasteiger partial charge in [0.1, 0.15) is 11.4 Å². The molecule has 2 aromatic carbocycles. The van der Waals surface area contributed by atoms with Crippen LogP contribution in [0.1, 0.15) is 55.9 Å². The lowest BCUT2D eigenvalue weighted by Crippen LogP contribution is -2.36. The molecule has 43 heavy (non-hydrogen) atoms. The highest BCUT2D eigenvalue weighted by Gasteiger charge is 2.10. The van der Waals surface area contributed by atoms with Crippen LogP contribution >= 0.6 is 0 Å². The zero-order chi connectivity index (χ0) is 31.9. The minimum atomic E-state index is 0.0471. The molecule has 2 aromatic heterocycles. The summed E-state index contributed by atoms with van der Waals surface area (Å²) in [5, 5.41) is 5.65. The number of pyridine rings is 1. The van der Waals surface area contributed by atoms with Crippen molar-refractivity contribution in [2.75, 3.05) is 33.7 Å². The zero-order valence-corrected chi connectivity index (χ0v) is 27.6. The Hall–Kier alpha value is -4.10. The second kappa shape index (κ2) is 17.8. The third-order valence-corrected chi connectivity index (χ3v) is 6.37. The summed E-state index contributed by atoms with van der Waals surface area (Å²) in [6, 6.07) is 19.0. The maximum atomic E-state index is 11.0. The Balaban J connectivity index is 0.000000237. The van der Waals surface area contributed by atoms with E-state index in [1.807, 2.05) is 38.9 Å². The van der Waals surface area contributed by atoms with Gasteiger partial charge in [-0.3, -0.25) is 4.79 Å². The number of likely N-dealkylation sites (N-methyl/N-ethyl adjacent to an activating group) is 1. The molecular weight excluding hydrogens is 534 g/mol. The van der Waals surface area contributed by atoms with Gasteiger partial charge in [0.05, 0.1) is 18.3 Å². The molecule has 0 fully saturated rings. The number of nitrogens with one attached hydrogen (secondary N) is 2. The van der Waals surface area contributed by atoms with E-state index in [9.17, 15) is 4.79 Å². The first-order chi connectivity index (χ1) is 20.4. The molecule has 0 aliphatic heterocycles. The Labute approximate surface area is 259 Å². The van der Waals surface area contributed by atoms with E-state index >= 15 is 0 Å². The third kappa shape index (κ3) is 12.3. The molecule has 232 valence electrons. The number of hydrogen-bond acceptors (Lipinski definition) is 5. The van der Waals surface area contributed by atoms with Crippen LogP contribution < -0.4 is 15.4 Å². The maximum absolute atomic E-state index is 11.0. The van der Waals surface area contributed by atoms with E-state index in [-0.39, 0.29) is 12.0 Å². The molecule has 2 N–H and O–H groups in total. The van der Waals surface area contributed by atoms with Crippen molar-refractivity contribution < 1.29 is 9.53 Å². The highest BCUT2D eigenvalue weighted by molar-refractivity contribution is 5.77. The van der Waals surface area contributed by atoms with E-state index in [1.165, 1.54) is 27.8 Å². The highest BCUT2D eigenvalue weighted by atomic mass is 16.5. The lowest BCUT2D eigenvalue weighted by Gasteiger charge is -2.12. The number of carbonyl (C=O) groups excluding carboxylic acids is 1. The van der Waals surface area contributed by atoms with E-state index in [4.69, 9.17) is 9.72 Å². The number of fused-ring (bicyclic) bond motifs is 1. The second-order valence-corrected chi connectivity index (χ2v) is 11.5. The number of ether oxygens (including phenoxy) is 1. The molecule has 0 radical (unpaired) electrons. The molecule has 4 rings (SSSR count). The Morgan fingerprint density at radius 2 is 1.67 bits per heavy atom. The first-order valence-corrected chi connectivity index (χ1v) is 15.0. The molecular formula is C36H51N5O2. The summed E-state index contributed by atoms with van der Waals surface area (Å²) in [7, 11) is 3.73. The van der Waals surface area contributed by atoms with E-state index in [2.05, 4.69) is 117 Å². The van der Waals surface area contributed by atoms with Crippen LogP contribution in [0.3, 0.4) is 0 Å². The molecule has 0 saturated heterocycles. The number of aromatic nitrogens is 2. The standard InChI is InChI=1S/C17H18N2.C11H16O.C8H17N3O/c1-12(2)15-5-4-10-19-11-16(18-17(15)19)14-8-6-13(3)7-9-14;1-8(2)12-11-6-5-9(3)7-10(11)4;1-4-9-5-6-10-8(12)7-11(2)3/h4-12H,1-3H3;5-8H,1-4H3;4,9H,1,5-7H2,2-3H3,(H,10,12). The minimum Gasteiger partial charge on any atom is -0.491 e. The van der Waals surface area contributed by atoms with Crippen molar-refractivity contribution >= 4 is 11.6 Å². The van der Waals surface area contributed by atoms with Gasteiger partial charge in [-0.2, -0.15) is 0 Å². The molecule has 1 amide bonds. The molecule has 7 nitrogen and oxygen atoms in total. The van der Waals surface area contributed by atoms with Gasteiger partial charge in [0.2, 0.25) is 5.91 Å². The zero-order valence-electron chi connectivity index (χ0n) is 27.6. The first kappa shape index (κ1) is 35.1. The van der Waals surface area contributed by atoms with Gasteiger partial charge in [-0.1, -0.05) is 74.0 Å². The summed E-state index contributed by atoms with van der Waals surface area (Å²) in [6.07, 6.45) is 6.03. The SMILES string of the molecule is C=CNCCNC(=O)CN(C)C.Cc1ccc(-c2cn3cccc(C(C)C)c3n2)cc1.Cc1ccc(OC(C)C)c(C)c1. The van der Waals surface area contributed by atoms with Crippen molar-refractivity contribution in [1.29, 1.82) is 0 Å². The van der Waals surface area contributed by atoms with E-state index < -0.39 is 0 Å². The number of rotatable bonds is 10. The van der Waals surface area contributed by atoms with Gasteiger partial charge in [0.25, 0.3) is 0 Å². The Morgan fingerprint density at radius 3 is 2.26 bits per heavy atom. The highest BCUT2D eigenvalue weighted by Crippen LogP contribution is 2.24. The van der Waals surface area contributed by atoms with Crippen LogP contribution in [-0.2, 0) is 4.79 Å². The average Bonchev–Trinajstić information content (AvgIpc) is 3.38. The largest absolute Gasteiger partial charge is 0.491 e. The molecule has 0 aliphatic rings. The molecule has 7 heteroatoms. The summed E-state index contributed by atoms with van der Waals surface area (Å²) >= 11 is 0. The van der Waals surface area contributed by atoms with Crippen molar-refractivity contribution in [1.82, 2.24) is 24.9 Å². The maximum Gasteiger partial charge on any atom is 0.234 e. The van der Waals surface area contributed by atoms with E-state index in [0.717, 1.165) is 23.6 Å². The van der Waals surface area contributed by atoms with Gasteiger partial charge in [-0.15, -0.1) is 0 Å². The molecule has 0 saturated carbocycles. The van der Waals surface area contributed by atoms with Gasteiger partial charge in [0, 0.05) is 31.0 Å². The number of carbonyl (C=O) groups is 1. The van der Waals surface area contributed by atoms with Crippen LogP contribution in [0.25, 0.3) is 16.9 Å². The Bertz CT molecular complexity index is 1420. The summed E-state index contributed by atoms with van der Waals surface area (Å²) in [5.74, 6) is 1.53. The topological polar surface area (TPSA) is 70.9 Å². The molecule has 0 aliphatic carbocycles. The molecule has 0 unspecified atom stereocenters. The average molecular weight is 586 g/mol. The predicted molar refractivity (Wildman–Crippen MR) is 181 cm³/mol.